The third kappa shape index (κ3) is 3.48. The topological polar surface area (TPSA) is 84.2 Å². The van der Waals surface area contributed by atoms with Gasteiger partial charge in [0.15, 0.2) is 5.69 Å². The largest absolute Gasteiger partial charge is 0.395 e. The van der Waals surface area contributed by atoms with Gasteiger partial charge in [0.2, 0.25) is 5.43 Å². The van der Waals surface area contributed by atoms with Gasteiger partial charge in [-0.05, 0) is 25.1 Å². The monoisotopic (exact) mass is 307 g/mol. The molecule has 0 saturated heterocycles. The Morgan fingerprint density at radius 3 is 2.86 bits per heavy atom. The first kappa shape index (κ1) is 15.2. The molecule has 0 atom stereocenters. The minimum atomic E-state index is -0.621. The van der Waals surface area contributed by atoms with Crippen LogP contribution in [-0.2, 0) is 0 Å². The lowest BCUT2D eigenvalue weighted by molar-refractivity contribution is 0.0937. The molecular formula is C14H14ClN3O3. The fourth-order valence-electron chi connectivity index (χ4n) is 1.83. The second kappa shape index (κ2) is 6.51. The molecule has 0 aliphatic heterocycles. The highest BCUT2D eigenvalue weighted by atomic mass is 35.5. The lowest BCUT2D eigenvalue weighted by Crippen LogP contribution is -2.33. The highest BCUT2D eigenvalue weighted by Gasteiger charge is 2.14. The van der Waals surface area contributed by atoms with Crippen LogP contribution in [0.1, 0.15) is 16.2 Å². The van der Waals surface area contributed by atoms with Crippen molar-refractivity contribution in [1.82, 2.24) is 15.1 Å². The molecule has 0 bridgehead atoms. The van der Waals surface area contributed by atoms with Crippen LogP contribution in [0.2, 0.25) is 5.02 Å². The van der Waals surface area contributed by atoms with Gasteiger partial charge in [0.1, 0.15) is 0 Å². The van der Waals surface area contributed by atoms with Gasteiger partial charge in [-0.25, -0.2) is 4.68 Å². The minimum absolute atomic E-state index is 0.0605. The molecule has 2 aromatic rings. The van der Waals surface area contributed by atoms with Crippen LogP contribution in [0.25, 0.3) is 5.69 Å². The van der Waals surface area contributed by atoms with Crippen molar-refractivity contribution in [2.45, 2.75) is 6.92 Å². The number of benzene rings is 1. The van der Waals surface area contributed by atoms with E-state index in [1.54, 1.807) is 31.2 Å². The lowest BCUT2D eigenvalue weighted by Gasteiger charge is -2.11. The van der Waals surface area contributed by atoms with Crippen molar-refractivity contribution in [1.29, 1.82) is 0 Å². The first-order valence-corrected chi connectivity index (χ1v) is 6.66. The average molecular weight is 308 g/mol. The number of aryl methyl sites for hydroxylation is 1. The number of carbonyl (C=O) groups excluding carboxylic acids is 1. The number of hydrogen-bond acceptors (Lipinski definition) is 4. The van der Waals surface area contributed by atoms with E-state index in [-0.39, 0.29) is 18.8 Å². The highest BCUT2D eigenvalue weighted by Crippen LogP contribution is 2.15. The molecule has 110 valence electrons. The predicted molar refractivity (Wildman–Crippen MR) is 79.0 cm³/mol. The number of amides is 1. The Morgan fingerprint density at radius 2 is 2.19 bits per heavy atom. The molecule has 7 heteroatoms. The smallest absolute Gasteiger partial charge is 0.275 e. The van der Waals surface area contributed by atoms with Crippen LogP contribution in [0, 0.1) is 6.92 Å². The quantitative estimate of drug-likeness (QED) is 0.879. The summed E-state index contributed by atoms with van der Waals surface area (Å²) in [5, 5.41) is 15.7. The van der Waals surface area contributed by atoms with Crippen LogP contribution in [0.3, 0.4) is 0 Å². The van der Waals surface area contributed by atoms with E-state index in [4.69, 9.17) is 16.7 Å². The maximum atomic E-state index is 11.9. The fourth-order valence-corrected chi connectivity index (χ4v) is 2.01. The van der Waals surface area contributed by atoms with Crippen LogP contribution < -0.4 is 10.7 Å². The van der Waals surface area contributed by atoms with Crippen LogP contribution in [0.4, 0.5) is 0 Å². The van der Waals surface area contributed by atoms with Gasteiger partial charge in [-0.1, -0.05) is 17.7 Å². The molecule has 1 aromatic heterocycles. The van der Waals surface area contributed by atoms with E-state index in [0.29, 0.717) is 16.4 Å². The molecule has 0 radical (unpaired) electrons. The van der Waals surface area contributed by atoms with Gasteiger partial charge in [-0.2, -0.15) is 5.10 Å². The van der Waals surface area contributed by atoms with E-state index in [0.717, 1.165) is 0 Å². The Labute approximate surface area is 126 Å². The van der Waals surface area contributed by atoms with E-state index in [1.165, 1.54) is 10.7 Å². The zero-order valence-corrected chi connectivity index (χ0v) is 12.1. The molecule has 2 N–H and O–H groups in total. The van der Waals surface area contributed by atoms with Crippen molar-refractivity contribution in [2.75, 3.05) is 13.2 Å². The zero-order chi connectivity index (χ0) is 15.4. The number of halogens is 1. The average Bonchev–Trinajstić information content (AvgIpc) is 2.44. The fraction of sp³-hybridized carbons (Fsp3) is 0.214. The summed E-state index contributed by atoms with van der Waals surface area (Å²) in [6.45, 7) is 1.57. The van der Waals surface area contributed by atoms with Crippen molar-refractivity contribution in [3.63, 3.8) is 0 Å². The molecule has 1 heterocycles. The number of nitrogens with one attached hydrogen (secondary N) is 1. The van der Waals surface area contributed by atoms with Crippen molar-refractivity contribution in [2.24, 2.45) is 0 Å². The molecule has 0 unspecified atom stereocenters. The number of rotatable bonds is 4. The predicted octanol–water partition coefficient (Wildman–Crippen LogP) is 0.916. The van der Waals surface area contributed by atoms with Crippen LogP contribution >= 0.6 is 11.6 Å². The second-order valence-corrected chi connectivity index (χ2v) is 4.81. The summed E-state index contributed by atoms with van der Waals surface area (Å²) >= 11 is 5.94. The molecule has 1 amide bonds. The molecule has 0 fully saturated rings. The van der Waals surface area contributed by atoms with Crippen molar-refractivity contribution < 1.29 is 9.90 Å². The van der Waals surface area contributed by atoms with Gasteiger partial charge >= 0.3 is 0 Å². The zero-order valence-electron chi connectivity index (χ0n) is 11.3. The molecule has 0 saturated carbocycles. The number of hydrogen-bond donors (Lipinski definition) is 2. The summed E-state index contributed by atoms with van der Waals surface area (Å²) < 4.78 is 1.47. The van der Waals surface area contributed by atoms with E-state index in [9.17, 15) is 9.59 Å². The molecule has 2 rings (SSSR count). The van der Waals surface area contributed by atoms with Crippen molar-refractivity contribution in [3.05, 3.63) is 57.0 Å². The molecule has 0 aliphatic rings. The van der Waals surface area contributed by atoms with Gasteiger partial charge in [0.25, 0.3) is 5.91 Å². The van der Waals surface area contributed by atoms with Gasteiger partial charge < -0.3 is 10.4 Å². The van der Waals surface area contributed by atoms with Gasteiger partial charge in [0, 0.05) is 23.3 Å². The van der Waals surface area contributed by atoms with Gasteiger partial charge in [0.05, 0.1) is 12.3 Å². The number of aliphatic hydroxyl groups is 1. The molecule has 21 heavy (non-hydrogen) atoms. The summed E-state index contributed by atoms with van der Waals surface area (Å²) in [5.41, 5.74) is 0.535. The van der Waals surface area contributed by atoms with E-state index in [1.807, 2.05) is 0 Å². The maximum Gasteiger partial charge on any atom is 0.275 e. The standard InChI is InChI=1S/C14H14ClN3O3/c1-9-7-12(20)13(14(21)16-5-6-19)17-18(9)11-4-2-3-10(15)8-11/h2-4,7-8,19H,5-6H2,1H3,(H,16,21). The van der Waals surface area contributed by atoms with Crippen LogP contribution in [0.15, 0.2) is 35.1 Å². The van der Waals surface area contributed by atoms with E-state index >= 15 is 0 Å². The first-order valence-electron chi connectivity index (χ1n) is 6.29. The normalized spacial score (nSPS) is 10.4. The number of aliphatic hydroxyl groups excluding tert-OH is 1. The number of carbonyl (C=O) groups is 1. The minimum Gasteiger partial charge on any atom is -0.395 e. The number of aromatic nitrogens is 2. The van der Waals surface area contributed by atoms with Crippen LogP contribution in [0.5, 0.6) is 0 Å². The second-order valence-electron chi connectivity index (χ2n) is 4.37. The SMILES string of the molecule is Cc1cc(=O)c(C(=O)NCCO)nn1-c1cccc(Cl)c1. The summed E-state index contributed by atoms with van der Waals surface area (Å²) in [6.07, 6.45) is 0. The molecular weight excluding hydrogens is 294 g/mol. The lowest BCUT2D eigenvalue weighted by atomic mass is 10.2. The Hall–Kier alpha value is -2.18. The maximum absolute atomic E-state index is 11.9. The summed E-state index contributed by atoms with van der Waals surface area (Å²) in [5.74, 6) is -0.621. The number of nitrogens with zero attached hydrogens (tertiary/aromatic N) is 2. The third-order valence-corrected chi connectivity index (χ3v) is 3.01. The van der Waals surface area contributed by atoms with Crippen molar-refractivity contribution >= 4 is 17.5 Å². The van der Waals surface area contributed by atoms with Crippen molar-refractivity contribution in [3.8, 4) is 5.69 Å². The Morgan fingerprint density at radius 1 is 1.43 bits per heavy atom. The molecule has 1 aromatic carbocycles. The van der Waals surface area contributed by atoms with Gasteiger partial charge in [-0.15, -0.1) is 0 Å². The van der Waals surface area contributed by atoms with E-state index < -0.39 is 11.3 Å². The molecule has 0 aliphatic carbocycles. The Bertz CT molecular complexity index is 728. The van der Waals surface area contributed by atoms with Gasteiger partial charge in [-0.3, -0.25) is 9.59 Å². The summed E-state index contributed by atoms with van der Waals surface area (Å²) in [7, 11) is 0. The van der Waals surface area contributed by atoms with Crippen LogP contribution in [-0.4, -0.2) is 33.9 Å². The highest BCUT2D eigenvalue weighted by molar-refractivity contribution is 6.30. The molecule has 6 nitrogen and oxygen atoms in total. The first-order chi connectivity index (χ1) is 10.0. The Kier molecular flexibility index (Phi) is 4.72. The Balaban J connectivity index is 2.48. The molecule has 0 spiro atoms. The summed E-state index contributed by atoms with van der Waals surface area (Å²) in [6, 6.07) is 8.26. The summed E-state index contributed by atoms with van der Waals surface area (Å²) in [4.78, 5) is 23.7. The van der Waals surface area contributed by atoms with E-state index in [2.05, 4.69) is 10.4 Å². The third-order valence-electron chi connectivity index (χ3n) is 2.77.